The van der Waals surface area contributed by atoms with Gasteiger partial charge in [0.05, 0.1) is 5.69 Å². The summed E-state index contributed by atoms with van der Waals surface area (Å²) in [5.74, 6) is -0.204. The lowest BCUT2D eigenvalue weighted by Crippen LogP contribution is -2.43. The first-order valence-electron chi connectivity index (χ1n) is 5.92. The molecule has 3 N–H and O–H groups in total. The molecule has 2 aromatic rings. The summed E-state index contributed by atoms with van der Waals surface area (Å²) >= 11 is 0. The zero-order valence-electron chi connectivity index (χ0n) is 10.6. The van der Waals surface area contributed by atoms with Crippen molar-refractivity contribution in [1.29, 1.82) is 0 Å². The van der Waals surface area contributed by atoms with Gasteiger partial charge in [0.2, 0.25) is 11.8 Å². The van der Waals surface area contributed by atoms with Crippen LogP contribution in [0, 0.1) is 0 Å². The second kappa shape index (κ2) is 4.49. The van der Waals surface area contributed by atoms with Crippen molar-refractivity contribution in [3.8, 4) is 17.2 Å². The molecular formula is C12H12N4O4. The van der Waals surface area contributed by atoms with Crippen molar-refractivity contribution < 1.29 is 13.9 Å². The van der Waals surface area contributed by atoms with E-state index < -0.39 is 11.8 Å². The molecule has 0 bridgehead atoms. The number of carbonyl (C=O) groups excluding carboxylic acids is 1. The zero-order chi connectivity index (χ0) is 14.3. The summed E-state index contributed by atoms with van der Waals surface area (Å²) in [7, 11) is 1.61. The van der Waals surface area contributed by atoms with Gasteiger partial charge in [-0.25, -0.2) is 9.89 Å². The largest absolute Gasteiger partial charge is 0.489 e. The number of benzene rings is 1. The molecule has 0 aliphatic carbocycles. The van der Waals surface area contributed by atoms with Crippen LogP contribution in [0.4, 0.5) is 5.69 Å². The maximum absolute atomic E-state index is 12.0. The summed E-state index contributed by atoms with van der Waals surface area (Å²) in [4.78, 5) is 24.4. The number of ether oxygens (including phenoxy) is 1. The maximum Gasteiger partial charge on any atom is 0.434 e. The van der Waals surface area contributed by atoms with E-state index in [9.17, 15) is 9.59 Å². The van der Waals surface area contributed by atoms with E-state index >= 15 is 0 Å². The fourth-order valence-electron chi connectivity index (χ4n) is 2.01. The Labute approximate surface area is 113 Å². The van der Waals surface area contributed by atoms with E-state index in [0.717, 1.165) is 0 Å². The standard InChI is InChI=1S/C12H12N4O4/c1-16-8-4-6(10-14-15-12(18)20-10)2-3-9(8)19-5-7(13)11(16)17/h2-4,7H,5,13H2,1H3,(H,15,18)/t7-/m0/s1. The third-order valence-electron chi connectivity index (χ3n) is 3.07. The van der Waals surface area contributed by atoms with Crippen LogP contribution in [0.3, 0.4) is 0 Å². The fraction of sp³-hybridized carbons (Fsp3) is 0.250. The van der Waals surface area contributed by atoms with E-state index in [-0.39, 0.29) is 18.4 Å². The Morgan fingerprint density at radius 2 is 2.25 bits per heavy atom. The number of aromatic nitrogens is 2. The molecule has 1 aromatic carbocycles. The first-order chi connectivity index (χ1) is 9.56. The molecule has 1 atom stereocenters. The molecule has 1 aliphatic heterocycles. The molecule has 8 heteroatoms. The third-order valence-corrected chi connectivity index (χ3v) is 3.07. The maximum atomic E-state index is 12.0. The molecule has 0 radical (unpaired) electrons. The van der Waals surface area contributed by atoms with Crippen LogP contribution in [0.2, 0.25) is 0 Å². The lowest BCUT2D eigenvalue weighted by atomic mass is 10.1. The van der Waals surface area contributed by atoms with Crippen LogP contribution in [-0.4, -0.2) is 35.8 Å². The van der Waals surface area contributed by atoms with Crippen molar-refractivity contribution in [1.82, 2.24) is 10.2 Å². The van der Waals surface area contributed by atoms with Gasteiger partial charge in [-0.1, -0.05) is 0 Å². The molecular weight excluding hydrogens is 264 g/mol. The molecule has 8 nitrogen and oxygen atoms in total. The molecule has 3 rings (SSSR count). The first kappa shape index (κ1) is 12.4. The number of aromatic amines is 1. The zero-order valence-corrected chi connectivity index (χ0v) is 10.6. The number of carbonyl (C=O) groups is 1. The Bertz CT molecular complexity index is 720. The van der Waals surface area contributed by atoms with E-state index in [1.807, 2.05) is 0 Å². The molecule has 1 amide bonds. The second-order valence-electron chi connectivity index (χ2n) is 4.42. The Balaban J connectivity index is 2.08. The average Bonchev–Trinajstić information content (AvgIpc) is 2.85. The SMILES string of the molecule is CN1C(=O)[C@@H](N)COc2ccc(-c3n[nH]c(=O)o3)cc21. The van der Waals surface area contributed by atoms with Gasteiger partial charge in [0.25, 0.3) is 0 Å². The van der Waals surface area contributed by atoms with Crippen LogP contribution < -0.4 is 21.1 Å². The normalized spacial score (nSPS) is 18.4. The topological polar surface area (TPSA) is 114 Å². The summed E-state index contributed by atoms with van der Waals surface area (Å²) in [5.41, 5.74) is 6.81. The lowest BCUT2D eigenvalue weighted by Gasteiger charge is -2.17. The van der Waals surface area contributed by atoms with Crippen molar-refractivity contribution in [2.24, 2.45) is 5.73 Å². The van der Waals surface area contributed by atoms with Crippen LogP contribution in [0.5, 0.6) is 5.75 Å². The number of hydrogen-bond donors (Lipinski definition) is 2. The number of hydrogen-bond acceptors (Lipinski definition) is 6. The second-order valence-corrected chi connectivity index (χ2v) is 4.42. The summed E-state index contributed by atoms with van der Waals surface area (Å²) in [5, 5.41) is 5.93. The van der Waals surface area contributed by atoms with E-state index in [1.165, 1.54) is 4.90 Å². The molecule has 2 heterocycles. The summed E-state index contributed by atoms with van der Waals surface area (Å²) in [6, 6.07) is 4.32. The lowest BCUT2D eigenvalue weighted by molar-refractivity contribution is -0.119. The van der Waals surface area contributed by atoms with Gasteiger partial charge in [-0.3, -0.25) is 4.79 Å². The van der Waals surface area contributed by atoms with Crippen LogP contribution in [0.15, 0.2) is 27.4 Å². The Morgan fingerprint density at radius 1 is 1.45 bits per heavy atom. The van der Waals surface area contributed by atoms with Crippen molar-refractivity contribution in [2.75, 3.05) is 18.6 Å². The minimum atomic E-state index is -0.709. The number of fused-ring (bicyclic) bond motifs is 1. The van der Waals surface area contributed by atoms with Gasteiger partial charge in [0, 0.05) is 12.6 Å². The van der Waals surface area contributed by atoms with Gasteiger partial charge in [-0.05, 0) is 18.2 Å². The predicted molar refractivity (Wildman–Crippen MR) is 69.4 cm³/mol. The van der Waals surface area contributed by atoms with Crippen molar-refractivity contribution in [3.63, 3.8) is 0 Å². The number of anilines is 1. The number of likely N-dealkylation sites (N-methyl/N-ethyl adjacent to an activating group) is 1. The highest BCUT2D eigenvalue weighted by atomic mass is 16.5. The molecule has 0 unspecified atom stereocenters. The van der Waals surface area contributed by atoms with Crippen molar-refractivity contribution in [3.05, 3.63) is 28.7 Å². The molecule has 0 saturated heterocycles. The van der Waals surface area contributed by atoms with Crippen LogP contribution in [-0.2, 0) is 4.79 Å². The Hall–Kier alpha value is -2.61. The highest BCUT2D eigenvalue weighted by Gasteiger charge is 2.27. The van der Waals surface area contributed by atoms with Gasteiger partial charge in [0.15, 0.2) is 0 Å². The summed E-state index contributed by atoms with van der Waals surface area (Å²) < 4.78 is 10.4. The quantitative estimate of drug-likeness (QED) is 0.739. The number of rotatable bonds is 1. The van der Waals surface area contributed by atoms with Gasteiger partial charge in [0.1, 0.15) is 18.4 Å². The van der Waals surface area contributed by atoms with E-state index in [2.05, 4.69) is 10.2 Å². The molecule has 0 spiro atoms. The van der Waals surface area contributed by atoms with E-state index in [1.54, 1.807) is 25.2 Å². The van der Waals surface area contributed by atoms with E-state index in [0.29, 0.717) is 17.0 Å². The molecule has 0 fully saturated rings. The highest BCUT2D eigenvalue weighted by Crippen LogP contribution is 2.33. The minimum absolute atomic E-state index is 0.118. The van der Waals surface area contributed by atoms with E-state index in [4.69, 9.17) is 14.9 Å². The molecule has 104 valence electrons. The van der Waals surface area contributed by atoms with Gasteiger partial charge in [-0.15, -0.1) is 5.10 Å². The minimum Gasteiger partial charge on any atom is -0.489 e. The molecule has 0 saturated carbocycles. The molecule has 20 heavy (non-hydrogen) atoms. The van der Waals surface area contributed by atoms with Crippen LogP contribution >= 0.6 is 0 Å². The Morgan fingerprint density at radius 3 is 2.95 bits per heavy atom. The number of nitrogens with one attached hydrogen (secondary N) is 1. The summed E-state index contributed by atoms with van der Waals surface area (Å²) in [6.07, 6.45) is 0. The Kier molecular flexibility index (Phi) is 2.79. The third kappa shape index (κ3) is 1.95. The predicted octanol–water partition coefficient (Wildman–Crippen LogP) is -0.288. The first-order valence-corrected chi connectivity index (χ1v) is 5.92. The highest BCUT2D eigenvalue weighted by molar-refractivity contribution is 5.99. The molecule has 1 aromatic heterocycles. The van der Waals surface area contributed by atoms with Gasteiger partial charge in [-0.2, -0.15) is 0 Å². The average molecular weight is 276 g/mol. The number of H-pyrrole nitrogens is 1. The van der Waals surface area contributed by atoms with Crippen LogP contribution in [0.1, 0.15) is 0 Å². The van der Waals surface area contributed by atoms with Gasteiger partial charge >= 0.3 is 5.76 Å². The number of nitrogens with two attached hydrogens (primary N) is 1. The van der Waals surface area contributed by atoms with Gasteiger partial charge < -0.3 is 19.8 Å². The summed E-state index contributed by atoms with van der Waals surface area (Å²) in [6.45, 7) is 0.118. The number of amides is 1. The fourth-order valence-corrected chi connectivity index (χ4v) is 2.01. The van der Waals surface area contributed by atoms with Crippen molar-refractivity contribution in [2.45, 2.75) is 6.04 Å². The van der Waals surface area contributed by atoms with Crippen molar-refractivity contribution >= 4 is 11.6 Å². The monoisotopic (exact) mass is 276 g/mol. The smallest absolute Gasteiger partial charge is 0.434 e. The molecule has 1 aliphatic rings. The number of nitrogens with zero attached hydrogens (tertiary/aromatic N) is 2. The van der Waals surface area contributed by atoms with Crippen LogP contribution in [0.25, 0.3) is 11.5 Å².